The number of halogens is 2. The second kappa shape index (κ2) is 5.90. The minimum Gasteiger partial charge on any atom is -0.495 e. The van der Waals surface area contributed by atoms with E-state index in [4.69, 9.17) is 10.5 Å². The van der Waals surface area contributed by atoms with Gasteiger partial charge in [0, 0.05) is 6.07 Å². The summed E-state index contributed by atoms with van der Waals surface area (Å²) in [6.45, 7) is 0. The van der Waals surface area contributed by atoms with Crippen LogP contribution in [-0.2, 0) is 10.0 Å². The molecular formula is C13H12BrFN2O3S. The SMILES string of the molecule is COc1cc(NS(=O)(=O)c2cccc(F)c2N)ccc1Br. The molecule has 0 fully saturated rings. The second-order valence-electron chi connectivity index (χ2n) is 4.11. The number of nitrogens with one attached hydrogen (secondary N) is 1. The minimum absolute atomic E-state index is 0.277. The summed E-state index contributed by atoms with van der Waals surface area (Å²) < 4.78 is 46.0. The van der Waals surface area contributed by atoms with Crippen LogP contribution in [0.15, 0.2) is 45.8 Å². The first-order valence-corrected chi connectivity index (χ1v) is 8.03. The number of hydrogen-bond acceptors (Lipinski definition) is 4. The van der Waals surface area contributed by atoms with Crippen molar-refractivity contribution in [3.05, 3.63) is 46.7 Å². The lowest BCUT2D eigenvalue weighted by atomic mass is 10.3. The van der Waals surface area contributed by atoms with Crippen LogP contribution in [0.5, 0.6) is 5.75 Å². The number of hydrogen-bond donors (Lipinski definition) is 2. The normalized spacial score (nSPS) is 11.2. The highest BCUT2D eigenvalue weighted by Crippen LogP contribution is 2.30. The smallest absolute Gasteiger partial charge is 0.264 e. The Morgan fingerprint density at radius 3 is 2.67 bits per heavy atom. The molecular weight excluding hydrogens is 363 g/mol. The first-order valence-electron chi connectivity index (χ1n) is 5.75. The Morgan fingerprint density at radius 2 is 2.00 bits per heavy atom. The predicted molar refractivity (Wildman–Crippen MR) is 82.3 cm³/mol. The van der Waals surface area contributed by atoms with Crippen molar-refractivity contribution in [1.82, 2.24) is 0 Å². The summed E-state index contributed by atoms with van der Waals surface area (Å²) in [5.41, 5.74) is 5.33. The highest BCUT2D eigenvalue weighted by molar-refractivity contribution is 9.10. The number of nitrogens with two attached hydrogens (primary N) is 1. The highest BCUT2D eigenvalue weighted by Gasteiger charge is 2.20. The Morgan fingerprint density at radius 1 is 1.29 bits per heavy atom. The van der Waals surface area contributed by atoms with E-state index in [9.17, 15) is 12.8 Å². The second-order valence-corrected chi connectivity index (χ2v) is 6.61. The maximum absolute atomic E-state index is 13.4. The van der Waals surface area contributed by atoms with E-state index in [1.807, 2.05) is 0 Å². The van der Waals surface area contributed by atoms with Crippen molar-refractivity contribution >= 4 is 37.3 Å². The zero-order valence-corrected chi connectivity index (χ0v) is 13.3. The predicted octanol–water partition coefficient (Wildman–Crippen LogP) is 2.98. The number of methoxy groups -OCH3 is 1. The number of ether oxygens (including phenoxy) is 1. The van der Waals surface area contributed by atoms with Gasteiger partial charge in [-0.2, -0.15) is 0 Å². The number of nitrogen functional groups attached to an aromatic ring is 1. The van der Waals surface area contributed by atoms with Crippen LogP contribution < -0.4 is 15.2 Å². The molecule has 21 heavy (non-hydrogen) atoms. The monoisotopic (exact) mass is 374 g/mol. The molecule has 0 radical (unpaired) electrons. The maximum atomic E-state index is 13.4. The van der Waals surface area contributed by atoms with Crippen LogP contribution in [0.3, 0.4) is 0 Å². The van der Waals surface area contributed by atoms with Crippen LogP contribution in [0, 0.1) is 5.82 Å². The first-order chi connectivity index (χ1) is 9.85. The van der Waals surface area contributed by atoms with Gasteiger partial charge >= 0.3 is 0 Å². The third kappa shape index (κ3) is 3.27. The number of anilines is 2. The van der Waals surface area contributed by atoms with Crippen molar-refractivity contribution in [2.75, 3.05) is 17.6 Å². The summed E-state index contributed by atoms with van der Waals surface area (Å²) in [4.78, 5) is -0.315. The molecule has 2 aromatic rings. The highest BCUT2D eigenvalue weighted by atomic mass is 79.9. The Kier molecular flexibility index (Phi) is 4.38. The summed E-state index contributed by atoms with van der Waals surface area (Å²) in [7, 11) is -2.53. The van der Waals surface area contributed by atoms with Gasteiger partial charge in [0.15, 0.2) is 0 Å². The van der Waals surface area contributed by atoms with E-state index in [2.05, 4.69) is 20.7 Å². The summed E-state index contributed by atoms with van der Waals surface area (Å²) in [6.07, 6.45) is 0. The van der Waals surface area contributed by atoms with Gasteiger partial charge in [0.05, 0.1) is 23.0 Å². The fourth-order valence-corrected chi connectivity index (χ4v) is 3.29. The van der Waals surface area contributed by atoms with Gasteiger partial charge in [0.2, 0.25) is 0 Å². The van der Waals surface area contributed by atoms with Gasteiger partial charge in [-0.1, -0.05) is 6.07 Å². The zero-order valence-electron chi connectivity index (χ0n) is 10.9. The average molecular weight is 375 g/mol. The molecule has 0 atom stereocenters. The maximum Gasteiger partial charge on any atom is 0.264 e. The van der Waals surface area contributed by atoms with Crippen molar-refractivity contribution < 1.29 is 17.5 Å². The quantitative estimate of drug-likeness (QED) is 0.806. The van der Waals surface area contributed by atoms with E-state index in [0.717, 1.165) is 6.07 Å². The number of para-hydroxylation sites is 1. The van der Waals surface area contributed by atoms with Gasteiger partial charge in [0.25, 0.3) is 10.0 Å². The van der Waals surface area contributed by atoms with E-state index in [1.165, 1.54) is 25.3 Å². The molecule has 0 aliphatic heterocycles. The molecule has 0 bridgehead atoms. The third-order valence-corrected chi connectivity index (χ3v) is 4.80. The molecule has 0 amide bonds. The number of sulfonamides is 1. The fourth-order valence-electron chi connectivity index (χ4n) is 1.68. The van der Waals surface area contributed by atoms with Crippen molar-refractivity contribution in [1.29, 1.82) is 0 Å². The van der Waals surface area contributed by atoms with Gasteiger partial charge in [-0.25, -0.2) is 12.8 Å². The molecule has 0 spiro atoms. The molecule has 112 valence electrons. The van der Waals surface area contributed by atoms with Crippen LogP contribution in [0.25, 0.3) is 0 Å². The van der Waals surface area contributed by atoms with E-state index < -0.39 is 21.5 Å². The summed E-state index contributed by atoms with van der Waals surface area (Å²) in [5, 5.41) is 0. The first kappa shape index (κ1) is 15.6. The van der Waals surface area contributed by atoms with Crippen molar-refractivity contribution in [3.63, 3.8) is 0 Å². The van der Waals surface area contributed by atoms with E-state index in [0.29, 0.717) is 10.2 Å². The Labute approximate surface area is 130 Å². The Balaban J connectivity index is 2.40. The molecule has 0 aliphatic rings. The molecule has 0 saturated carbocycles. The fraction of sp³-hybridized carbons (Fsp3) is 0.0769. The molecule has 0 heterocycles. The molecule has 0 aromatic heterocycles. The lowest BCUT2D eigenvalue weighted by Crippen LogP contribution is -2.15. The van der Waals surface area contributed by atoms with Crippen molar-refractivity contribution in [2.24, 2.45) is 0 Å². The molecule has 0 saturated heterocycles. The molecule has 2 aromatic carbocycles. The lowest BCUT2D eigenvalue weighted by molar-refractivity contribution is 0.412. The van der Waals surface area contributed by atoms with Gasteiger partial charge in [0.1, 0.15) is 16.5 Å². The molecule has 0 unspecified atom stereocenters. The van der Waals surface area contributed by atoms with Gasteiger partial charge in [-0.15, -0.1) is 0 Å². The molecule has 0 aliphatic carbocycles. The van der Waals surface area contributed by atoms with Crippen LogP contribution in [-0.4, -0.2) is 15.5 Å². The minimum atomic E-state index is -3.99. The van der Waals surface area contributed by atoms with E-state index in [-0.39, 0.29) is 10.6 Å². The van der Waals surface area contributed by atoms with Crippen LogP contribution in [0.1, 0.15) is 0 Å². The molecule has 8 heteroatoms. The number of rotatable bonds is 4. The van der Waals surface area contributed by atoms with Gasteiger partial charge < -0.3 is 10.5 Å². The lowest BCUT2D eigenvalue weighted by Gasteiger charge is -2.12. The van der Waals surface area contributed by atoms with Crippen LogP contribution >= 0.6 is 15.9 Å². The average Bonchev–Trinajstić information content (AvgIpc) is 2.43. The van der Waals surface area contributed by atoms with E-state index in [1.54, 1.807) is 12.1 Å². The van der Waals surface area contributed by atoms with Crippen molar-refractivity contribution in [2.45, 2.75) is 4.90 Å². The Hall–Kier alpha value is -1.80. The van der Waals surface area contributed by atoms with Crippen LogP contribution in [0.4, 0.5) is 15.8 Å². The van der Waals surface area contributed by atoms with Crippen molar-refractivity contribution in [3.8, 4) is 5.75 Å². The third-order valence-electron chi connectivity index (χ3n) is 2.71. The standard InChI is InChI=1S/C13H12BrFN2O3S/c1-20-11-7-8(5-6-9(11)14)17-21(18,19)12-4-2-3-10(15)13(12)16/h2-7,17H,16H2,1H3. The van der Waals surface area contributed by atoms with Gasteiger partial charge in [-0.3, -0.25) is 4.72 Å². The van der Waals surface area contributed by atoms with E-state index >= 15 is 0 Å². The Bertz CT molecular complexity index is 781. The molecule has 5 nitrogen and oxygen atoms in total. The molecule has 3 N–H and O–H groups in total. The topological polar surface area (TPSA) is 81.4 Å². The van der Waals surface area contributed by atoms with Crippen LogP contribution in [0.2, 0.25) is 0 Å². The largest absolute Gasteiger partial charge is 0.495 e. The van der Waals surface area contributed by atoms with Gasteiger partial charge in [-0.05, 0) is 40.2 Å². The zero-order chi connectivity index (χ0) is 15.6. The summed E-state index contributed by atoms with van der Waals surface area (Å²) in [5.74, 6) is -0.325. The number of benzene rings is 2. The summed E-state index contributed by atoms with van der Waals surface area (Å²) in [6, 6.07) is 8.28. The molecule has 2 rings (SSSR count). The summed E-state index contributed by atoms with van der Waals surface area (Å²) >= 11 is 3.26.